The van der Waals surface area contributed by atoms with Gasteiger partial charge in [0.25, 0.3) is 0 Å². The van der Waals surface area contributed by atoms with Gasteiger partial charge in [-0.05, 0) is 9.91 Å². The van der Waals surface area contributed by atoms with E-state index in [1.165, 1.54) is 6.07 Å². The normalized spacial score (nSPS) is 10.2. The van der Waals surface area contributed by atoms with E-state index in [-0.39, 0.29) is 0 Å². The number of rotatable bonds is 3. The Morgan fingerprint density at radius 1 is 1.62 bits per heavy atom. The molecule has 0 aliphatic heterocycles. The third-order valence-electron chi connectivity index (χ3n) is 1.72. The van der Waals surface area contributed by atoms with Gasteiger partial charge in [-0.2, -0.15) is 5.26 Å². The SMILES string of the molecule is N#CCc1c(F)cc(C(F)F)nc1[N+](=O)[O-]. The van der Waals surface area contributed by atoms with E-state index in [1.54, 1.807) is 0 Å². The first-order valence-electron chi connectivity index (χ1n) is 3.96. The molecule has 16 heavy (non-hydrogen) atoms. The van der Waals surface area contributed by atoms with Crippen LogP contribution in [0.5, 0.6) is 0 Å². The van der Waals surface area contributed by atoms with Crippen LogP contribution in [0.15, 0.2) is 6.07 Å². The third kappa shape index (κ3) is 2.25. The predicted octanol–water partition coefficient (Wildman–Crippen LogP) is 2.13. The topological polar surface area (TPSA) is 79.8 Å². The fraction of sp³-hybridized carbons (Fsp3) is 0.250. The summed E-state index contributed by atoms with van der Waals surface area (Å²) < 4.78 is 37.6. The van der Waals surface area contributed by atoms with Crippen molar-refractivity contribution in [1.29, 1.82) is 5.26 Å². The van der Waals surface area contributed by atoms with Crippen LogP contribution in [0, 0.1) is 27.3 Å². The Morgan fingerprint density at radius 3 is 2.69 bits per heavy atom. The van der Waals surface area contributed by atoms with E-state index < -0.39 is 40.7 Å². The predicted molar refractivity (Wildman–Crippen MR) is 45.1 cm³/mol. The minimum atomic E-state index is -3.11. The van der Waals surface area contributed by atoms with E-state index in [4.69, 9.17) is 5.26 Å². The smallest absolute Gasteiger partial charge is 0.358 e. The van der Waals surface area contributed by atoms with E-state index in [9.17, 15) is 23.3 Å². The van der Waals surface area contributed by atoms with Crippen molar-refractivity contribution >= 4 is 5.82 Å². The molecule has 1 heterocycles. The number of alkyl halides is 2. The second-order valence-electron chi connectivity index (χ2n) is 2.72. The minimum absolute atomic E-state index is 0.393. The zero-order valence-corrected chi connectivity index (χ0v) is 7.65. The van der Waals surface area contributed by atoms with Gasteiger partial charge in [-0.3, -0.25) is 0 Å². The molecule has 0 fully saturated rings. The molecule has 0 aliphatic carbocycles. The lowest BCUT2D eigenvalue weighted by Crippen LogP contribution is -2.05. The van der Waals surface area contributed by atoms with Crippen LogP contribution in [0.2, 0.25) is 0 Å². The van der Waals surface area contributed by atoms with Crippen molar-refractivity contribution in [1.82, 2.24) is 4.98 Å². The minimum Gasteiger partial charge on any atom is -0.358 e. The molecule has 0 saturated heterocycles. The highest BCUT2D eigenvalue weighted by molar-refractivity contribution is 5.37. The summed E-state index contributed by atoms with van der Waals surface area (Å²) in [5, 5.41) is 18.8. The Bertz CT molecular complexity index is 470. The zero-order valence-electron chi connectivity index (χ0n) is 7.65. The molecule has 5 nitrogen and oxygen atoms in total. The summed E-state index contributed by atoms with van der Waals surface area (Å²) in [6.07, 6.45) is -3.71. The average molecular weight is 231 g/mol. The maximum absolute atomic E-state index is 13.2. The van der Waals surface area contributed by atoms with Crippen molar-refractivity contribution in [3.63, 3.8) is 0 Å². The zero-order chi connectivity index (χ0) is 12.3. The van der Waals surface area contributed by atoms with Gasteiger partial charge in [-0.25, -0.2) is 13.2 Å². The van der Waals surface area contributed by atoms with Crippen LogP contribution in [0.3, 0.4) is 0 Å². The molecule has 1 aromatic heterocycles. The summed E-state index contributed by atoms with van der Waals surface area (Å²) >= 11 is 0. The number of hydrogen-bond acceptors (Lipinski definition) is 4. The van der Waals surface area contributed by atoms with Gasteiger partial charge in [0.05, 0.1) is 18.1 Å². The molecule has 0 spiro atoms. The van der Waals surface area contributed by atoms with Crippen molar-refractivity contribution in [2.75, 3.05) is 0 Å². The Morgan fingerprint density at radius 2 is 2.25 bits per heavy atom. The molecule has 0 unspecified atom stereocenters. The molecule has 0 atom stereocenters. The van der Waals surface area contributed by atoms with E-state index in [2.05, 4.69) is 4.98 Å². The number of aromatic nitrogens is 1. The van der Waals surface area contributed by atoms with Crippen LogP contribution in [0.4, 0.5) is 19.0 Å². The molecule has 8 heteroatoms. The lowest BCUT2D eigenvalue weighted by Gasteiger charge is -2.01. The van der Waals surface area contributed by atoms with Crippen LogP contribution in [0.1, 0.15) is 17.7 Å². The fourth-order valence-electron chi connectivity index (χ4n) is 1.05. The van der Waals surface area contributed by atoms with Crippen LogP contribution in [-0.4, -0.2) is 9.91 Å². The van der Waals surface area contributed by atoms with Crippen molar-refractivity contribution in [2.45, 2.75) is 12.8 Å². The molecule has 0 N–H and O–H groups in total. The Balaban J connectivity index is 3.40. The molecule has 1 aromatic rings. The number of nitriles is 1. The summed E-state index contributed by atoms with van der Waals surface area (Å²) in [5.74, 6) is -2.27. The number of halogens is 3. The van der Waals surface area contributed by atoms with E-state index in [0.29, 0.717) is 6.07 Å². The second-order valence-corrected chi connectivity index (χ2v) is 2.72. The molecule has 0 aliphatic rings. The number of pyridine rings is 1. The largest absolute Gasteiger partial charge is 0.371 e. The van der Waals surface area contributed by atoms with Gasteiger partial charge >= 0.3 is 12.2 Å². The average Bonchev–Trinajstić information content (AvgIpc) is 2.20. The summed E-state index contributed by atoms with van der Waals surface area (Å²) in [7, 11) is 0. The van der Waals surface area contributed by atoms with Gasteiger partial charge in [0, 0.05) is 6.07 Å². The van der Waals surface area contributed by atoms with Crippen LogP contribution in [0.25, 0.3) is 0 Å². The fourth-order valence-corrected chi connectivity index (χ4v) is 1.05. The second kappa shape index (κ2) is 4.57. The molecule has 1 rings (SSSR count). The quantitative estimate of drug-likeness (QED) is 0.589. The lowest BCUT2D eigenvalue weighted by atomic mass is 10.1. The highest BCUT2D eigenvalue weighted by atomic mass is 19.3. The maximum Gasteiger partial charge on any atom is 0.371 e. The van der Waals surface area contributed by atoms with Gasteiger partial charge < -0.3 is 10.1 Å². The van der Waals surface area contributed by atoms with Gasteiger partial charge in [0.15, 0.2) is 0 Å². The first-order valence-corrected chi connectivity index (χ1v) is 3.96. The molecule has 84 valence electrons. The summed E-state index contributed by atoms with van der Waals surface area (Å²) in [6, 6.07) is 1.89. The van der Waals surface area contributed by atoms with E-state index in [1.807, 2.05) is 0 Å². The summed E-state index contributed by atoms with van der Waals surface area (Å²) in [5.41, 5.74) is -1.61. The summed E-state index contributed by atoms with van der Waals surface area (Å²) in [6.45, 7) is 0. The monoisotopic (exact) mass is 231 g/mol. The Kier molecular flexibility index (Phi) is 3.40. The molecular weight excluding hydrogens is 227 g/mol. The lowest BCUT2D eigenvalue weighted by molar-refractivity contribution is -0.390. The first-order chi connectivity index (χ1) is 7.47. The van der Waals surface area contributed by atoms with Crippen LogP contribution in [-0.2, 0) is 6.42 Å². The number of nitro groups is 1. The van der Waals surface area contributed by atoms with Crippen molar-refractivity contribution in [3.8, 4) is 6.07 Å². The highest BCUT2D eigenvalue weighted by Gasteiger charge is 2.26. The van der Waals surface area contributed by atoms with Crippen molar-refractivity contribution in [2.24, 2.45) is 0 Å². The van der Waals surface area contributed by atoms with Crippen LogP contribution >= 0.6 is 0 Å². The first kappa shape index (κ1) is 11.9. The van der Waals surface area contributed by atoms with E-state index >= 15 is 0 Å². The Hall–Kier alpha value is -2.17. The molecule has 0 amide bonds. The van der Waals surface area contributed by atoms with Crippen molar-refractivity contribution in [3.05, 3.63) is 33.3 Å². The molecular formula is C8H4F3N3O2. The molecule has 0 aromatic carbocycles. The summed E-state index contributed by atoms with van der Waals surface area (Å²) in [4.78, 5) is 12.4. The highest BCUT2D eigenvalue weighted by Crippen LogP contribution is 2.25. The number of hydrogen-bond donors (Lipinski definition) is 0. The molecule has 0 saturated carbocycles. The van der Waals surface area contributed by atoms with E-state index in [0.717, 1.165) is 0 Å². The standard InChI is InChI=1S/C8H4F3N3O2/c9-5-3-6(7(10)11)13-8(14(15)16)4(5)1-2-12/h3,7H,1H2. The van der Waals surface area contributed by atoms with Gasteiger partial charge in [0.1, 0.15) is 5.82 Å². The van der Waals surface area contributed by atoms with Gasteiger partial charge in [-0.15, -0.1) is 0 Å². The van der Waals surface area contributed by atoms with Crippen LogP contribution < -0.4 is 0 Å². The Labute approximate surface area is 87.3 Å². The molecule has 0 bridgehead atoms. The molecule has 0 radical (unpaired) electrons. The van der Waals surface area contributed by atoms with Gasteiger partial charge in [0.2, 0.25) is 5.69 Å². The number of nitrogens with zero attached hydrogens (tertiary/aromatic N) is 3. The van der Waals surface area contributed by atoms with Gasteiger partial charge in [-0.1, -0.05) is 0 Å². The third-order valence-corrected chi connectivity index (χ3v) is 1.72. The van der Waals surface area contributed by atoms with Crippen molar-refractivity contribution < 1.29 is 18.1 Å². The maximum atomic E-state index is 13.2.